The predicted octanol–water partition coefficient (Wildman–Crippen LogP) is 3.07. The van der Waals surface area contributed by atoms with Crippen molar-refractivity contribution in [3.63, 3.8) is 0 Å². The van der Waals surface area contributed by atoms with E-state index in [1.165, 1.54) is 0 Å². The highest BCUT2D eigenvalue weighted by Crippen LogP contribution is 2.29. The normalized spacial score (nSPS) is 19.7. The van der Waals surface area contributed by atoms with E-state index in [0.29, 0.717) is 5.69 Å². The minimum atomic E-state index is -3.30. The summed E-state index contributed by atoms with van der Waals surface area (Å²) in [7, 11) is 0. The average Bonchev–Trinajstić information content (AvgIpc) is 3.13. The molecule has 1 unspecified atom stereocenters. The smallest absolute Gasteiger partial charge is 0.290 e. The van der Waals surface area contributed by atoms with Crippen LogP contribution in [0.15, 0.2) is 48.5 Å². The van der Waals surface area contributed by atoms with Crippen LogP contribution in [-0.4, -0.2) is 51.2 Å². The molecular weight excluding hydrogens is 340 g/mol. The van der Waals surface area contributed by atoms with Crippen LogP contribution in [0, 0.1) is 0 Å². The SMILES string of the molecule is O=C(c1cc(-c2ccc3ccccc3c2)n[nH]1)N1CCC(O)C(F)(F)C1. The maximum Gasteiger partial charge on any atom is 0.290 e. The molecule has 134 valence electrons. The van der Waals surface area contributed by atoms with Gasteiger partial charge in [-0.25, -0.2) is 8.78 Å². The Balaban J connectivity index is 1.58. The third kappa shape index (κ3) is 2.94. The summed E-state index contributed by atoms with van der Waals surface area (Å²) >= 11 is 0. The fraction of sp³-hybridized carbons (Fsp3) is 0.263. The first kappa shape index (κ1) is 16.7. The van der Waals surface area contributed by atoms with Gasteiger partial charge in [0.15, 0.2) is 0 Å². The number of alkyl halides is 2. The molecule has 2 N–H and O–H groups in total. The quantitative estimate of drug-likeness (QED) is 0.741. The maximum atomic E-state index is 13.7. The van der Waals surface area contributed by atoms with Gasteiger partial charge in [0.05, 0.1) is 12.2 Å². The van der Waals surface area contributed by atoms with E-state index in [1.54, 1.807) is 6.07 Å². The molecule has 26 heavy (non-hydrogen) atoms. The molecule has 4 rings (SSSR count). The molecule has 0 aliphatic carbocycles. The number of rotatable bonds is 2. The van der Waals surface area contributed by atoms with E-state index in [1.807, 2.05) is 42.5 Å². The number of carbonyl (C=O) groups excluding carboxylic acids is 1. The van der Waals surface area contributed by atoms with Crippen LogP contribution >= 0.6 is 0 Å². The standard InChI is InChI=1S/C19H17F2N3O2/c20-19(21)11-24(8-7-17(19)25)18(26)16-10-15(22-23-16)14-6-5-12-3-1-2-4-13(12)9-14/h1-6,9-10,17,25H,7-8,11H2,(H,22,23). The average molecular weight is 357 g/mol. The number of carbonyl (C=O) groups is 1. The molecule has 1 aromatic heterocycles. The number of halogens is 2. The lowest BCUT2D eigenvalue weighted by Crippen LogP contribution is -2.53. The predicted molar refractivity (Wildman–Crippen MR) is 93.0 cm³/mol. The van der Waals surface area contributed by atoms with Gasteiger partial charge < -0.3 is 10.0 Å². The van der Waals surface area contributed by atoms with Crippen LogP contribution in [0.4, 0.5) is 8.78 Å². The lowest BCUT2D eigenvalue weighted by atomic mass is 10.0. The topological polar surface area (TPSA) is 69.2 Å². The molecule has 2 heterocycles. The van der Waals surface area contributed by atoms with Crippen molar-refractivity contribution in [3.05, 3.63) is 54.2 Å². The molecule has 0 radical (unpaired) electrons. The van der Waals surface area contributed by atoms with E-state index < -0.39 is 24.5 Å². The molecule has 0 bridgehead atoms. The Bertz CT molecular complexity index is 970. The van der Waals surface area contributed by atoms with Gasteiger partial charge in [0.1, 0.15) is 11.8 Å². The number of piperidine rings is 1. The zero-order valence-electron chi connectivity index (χ0n) is 13.8. The number of H-pyrrole nitrogens is 1. The molecule has 1 amide bonds. The van der Waals surface area contributed by atoms with Crippen molar-refractivity contribution in [1.29, 1.82) is 0 Å². The van der Waals surface area contributed by atoms with E-state index in [9.17, 15) is 18.7 Å². The second-order valence-electron chi connectivity index (χ2n) is 6.52. The van der Waals surface area contributed by atoms with E-state index in [4.69, 9.17) is 0 Å². The molecule has 0 spiro atoms. The van der Waals surface area contributed by atoms with Gasteiger partial charge in [-0.05, 0) is 29.3 Å². The summed E-state index contributed by atoms with van der Waals surface area (Å²) in [6, 6.07) is 15.3. The lowest BCUT2D eigenvalue weighted by Gasteiger charge is -2.35. The highest BCUT2D eigenvalue weighted by Gasteiger charge is 2.45. The van der Waals surface area contributed by atoms with Crippen LogP contribution in [0.5, 0.6) is 0 Å². The van der Waals surface area contributed by atoms with E-state index in [2.05, 4.69) is 10.2 Å². The van der Waals surface area contributed by atoms with E-state index >= 15 is 0 Å². The number of aromatic amines is 1. The maximum absolute atomic E-state index is 13.7. The first-order valence-electron chi connectivity index (χ1n) is 8.34. The number of nitrogens with zero attached hydrogens (tertiary/aromatic N) is 2. The number of hydrogen-bond acceptors (Lipinski definition) is 3. The zero-order valence-corrected chi connectivity index (χ0v) is 13.8. The highest BCUT2D eigenvalue weighted by atomic mass is 19.3. The van der Waals surface area contributed by atoms with Crippen molar-refractivity contribution in [2.75, 3.05) is 13.1 Å². The first-order valence-corrected chi connectivity index (χ1v) is 8.34. The molecular formula is C19H17F2N3O2. The van der Waals surface area contributed by atoms with Crippen molar-refractivity contribution in [2.45, 2.75) is 18.4 Å². The summed E-state index contributed by atoms with van der Waals surface area (Å²) in [5.74, 6) is -3.84. The monoisotopic (exact) mass is 357 g/mol. The lowest BCUT2D eigenvalue weighted by molar-refractivity contribution is -0.142. The minimum absolute atomic E-state index is 0.0833. The molecule has 7 heteroatoms. The van der Waals surface area contributed by atoms with Crippen molar-refractivity contribution in [3.8, 4) is 11.3 Å². The molecule has 1 aliphatic rings. The van der Waals surface area contributed by atoms with Crippen LogP contribution in [0.2, 0.25) is 0 Å². The third-order valence-electron chi connectivity index (χ3n) is 4.70. The Kier molecular flexibility index (Phi) is 3.96. The first-order chi connectivity index (χ1) is 12.4. The van der Waals surface area contributed by atoms with Gasteiger partial charge in [-0.1, -0.05) is 36.4 Å². The number of fused-ring (bicyclic) bond motifs is 1. The zero-order chi connectivity index (χ0) is 18.3. The summed E-state index contributed by atoms with van der Waals surface area (Å²) in [6.45, 7) is -0.711. The van der Waals surface area contributed by atoms with Gasteiger partial charge in [0, 0.05) is 12.1 Å². The molecule has 0 saturated carbocycles. The number of likely N-dealkylation sites (tertiary alicyclic amines) is 1. The second-order valence-corrected chi connectivity index (χ2v) is 6.52. The number of aliphatic hydroxyl groups excluding tert-OH is 1. The van der Waals surface area contributed by atoms with Gasteiger partial charge in [-0.3, -0.25) is 9.89 Å². The Labute approximate surface area is 148 Å². The number of hydrogen-bond donors (Lipinski definition) is 2. The fourth-order valence-electron chi connectivity index (χ4n) is 3.20. The molecule has 1 aliphatic heterocycles. The molecule has 3 aromatic rings. The van der Waals surface area contributed by atoms with E-state index in [-0.39, 0.29) is 18.7 Å². The van der Waals surface area contributed by atoms with Gasteiger partial charge in [-0.15, -0.1) is 0 Å². The summed E-state index contributed by atoms with van der Waals surface area (Å²) < 4.78 is 27.3. The second kappa shape index (κ2) is 6.17. The molecule has 2 aromatic carbocycles. The molecule has 1 fully saturated rings. The molecule has 1 saturated heterocycles. The van der Waals surface area contributed by atoms with Crippen LogP contribution in [0.1, 0.15) is 16.9 Å². The summed E-state index contributed by atoms with van der Waals surface area (Å²) in [6.07, 6.45) is -1.86. The highest BCUT2D eigenvalue weighted by molar-refractivity contribution is 5.94. The largest absolute Gasteiger partial charge is 0.387 e. The summed E-state index contributed by atoms with van der Waals surface area (Å²) in [5, 5.41) is 18.3. The molecule has 5 nitrogen and oxygen atoms in total. The van der Waals surface area contributed by atoms with Crippen LogP contribution in [0.25, 0.3) is 22.0 Å². The Morgan fingerprint density at radius 3 is 2.73 bits per heavy atom. The van der Waals surface area contributed by atoms with Crippen molar-refractivity contribution in [2.24, 2.45) is 0 Å². The Hall–Kier alpha value is -2.80. The Morgan fingerprint density at radius 1 is 1.19 bits per heavy atom. The third-order valence-corrected chi connectivity index (χ3v) is 4.70. The van der Waals surface area contributed by atoms with Crippen molar-refractivity contribution in [1.82, 2.24) is 15.1 Å². The summed E-state index contributed by atoms with van der Waals surface area (Å²) in [5.41, 5.74) is 1.56. The van der Waals surface area contributed by atoms with Crippen molar-refractivity contribution < 1.29 is 18.7 Å². The van der Waals surface area contributed by atoms with Crippen molar-refractivity contribution >= 4 is 16.7 Å². The van der Waals surface area contributed by atoms with Gasteiger partial charge in [0.25, 0.3) is 11.8 Å². The summed E-state index contributed by atoms with van der Waals surface area (Å²) in [4.78, 5) is 13.5. The fourth-order valence-corrected chi connectivity index (χ4v) is 3.20. The Morgan fingerprint density at radius 2 is 1.96 bits per heavy atom. The van der Waals surface area contributed by atoms with Gasteiger partial charge >= 0.3 is 0 Å². The number of nitrogens with one attached hydrogen (secondary N) is 1. The van der Waals surface area contributed by atoms with E-state index in [0.717, 1.165) is 21.2 Å². The number of amides is 1. The number of benzene rings is 2. The molecule has 1 atom stereocenters. The number of aromatic nitrogens is 2. The van der Waals surface area contributed by atoms with Crippen LogP contribution < -0.4 is 0 Å². The van der Waals surface area contributed by atoms with Gasteiger partial charge in [0.2, 0.25) is 0 Å². The van der Waals surface area contributed by atoms with Crippen LogP contribution in [-0.2, 0) is 0 Å². The minimum Gasteiger partial charge on any atom is -0.387 e. The van der Waals surface area contributed by atoms with Crippen LogP contribution in [0.3, 0.4) is 0 Å². The van der Waals surface area contributed by atoms with Gasteiger partial charge in [-0.2, -0.15) is 5.10 Å². The number of aliphatic hydroxyl groups is 1.